The summed E-state index contributed by atoms with van der Waals surface area (Å²) in [5.41, 5.74) is 5.67. The lowest BCUT2D eigenvalue weighted by molar-refractivity contribution is 0.481. The van der Waals surface area contributed by atoms with E-state index >= 15 is 0 Å². The summed E-state index contributed by atoms with van der Waals surface area (Å²) < 4.78 is 5.53. The van der Waals surface area contributed by atoms with Crippen molar-refractivity contribution in [3.63, 3.8) is 0 Å². The van der Waals surface area contributed by atoms with E-state index in [4.69, 9.17) is 10.2 Å². The van der Waals surface area contributed by atoms with Gasteiger partial charge in [-0.3, -0.25) is 0 Å². The molecule has 1 rings (SSSR count). The summed E-state index contributed by atoms with van der Waals surface area (Å²) in [5, 5.41) is 0.327. The fraction of sp³-hybridized carbons (Fsp3) is 0.600. The van der Waals surface area contributed by atoms with E-state index in [0.29, 0.717) is 11.8 Å². The second-order valence-electron chi connectivity index (χ2n) is 3.04. The van der Waals surface area contributed by atoms with Gasteiger partial charge < -0.3 is 10.2 Å². The quantitative estimate of drug-likeness (QED) is 0.792. The minimum atomic E-state index is 0.327. The first kappa shape index (κ1) is 10.7. The van der Waals surface area contributed by atoms with Crippen molar-refractivity contribution in [3.05, 3.63) is 23.7 Å². The average molecular weight is 199 g/mol. The van der Waals surface area contributed by atoms with Crippen LogP contribution in [0, 0.1) is 6.92 Å². The lowest BCUT2D eigenvalue weighted by atomic mass is 10.3. The number of furan rings is 1. The second-order valence-corrected chi connectivity index (χ2v) is 4.35. The Morgan fingerprint density at radius 1 is 1.54 bits per heavy atom. The maximum absolute atomic E-state index is 5.67. The fourth-order valence-corrected chi connectivity index (χ4v) is 2.10. The first-order chi connectivity index (χ1) is 6.27. The van der Waals surface area contributed by atoms with E-state index in [0.717, 1.165) is 17.3 Å². The monoisotopic (exact) mass is 199 g/mol. The molecule has 1 heterocycles. The fourth-order valence-electron chi connectivity index (χ4n) is 1.15. The molecule has 0 aromatic carbocycles. The Morgan fingerprint density at radius 2 is 2.31 bits per heavy atom. The largest absolute Gasteiger partial charge is 0.465 e. The van der Waals surface area contributed by atoms with Crippen molar-refractivity contribution in [3.8, 4) is 0 Å². The Hall–Kier alpha value is -0.410. The van der Waals surface area contributed by atoms with E-state index in [2.05, 4.69) is 6.92 Å². The van der Waals surface area contributed by atoms with Gasteiger partial charge in [0, 0.05) is 6.54 Å². The summed E-state index contributed by atoms with van der Waals surface area (Å²) in [5.74, 6) is 3.12. The minimum absolute atomic E-state index is 0.327. The van der Waals surface area contributed by atoms with Gasteiger partial charge in [0.1, 0.15) is 11.5 Å². The molecule has 0 spiro atoms. The molecule has 1 aromatic rings. The van der Waals surface area contributed by atoms with E-state index in [1.54, 1.807) is 0 Å². The first-order valence-electron chi connectivity index (χ1n) is 4.66. The van der Waals surface area contributed by atoms with E-state index in [9.17, 15) is 0 Å². The Balaban J connectivity index is 2.56. The molecular formula is C10H17NOS. The molecule has 0 saturated carbocycles. The van der Waals surface area contributed by atoms with E-state index in [1.165, 1.54) is 6.42 Å². The molecule has 2 N–H and O–H groups in total. The summed E-state index contributed by atoms with van der Waals surface area (Å²) in [4.78, 5) is 0. The third-order valence-electron chi connectivity index (χ3n) is 1.82. The smallest absolute Gasteiger partial charge is 0.118 e. The SMILES string of the molecule is CCCSC(CN)c1ccc(C)o1. The molecule has 0 aliphatic rings. The highest BCUT2D eigenvalue weighted by molar-refractivity contribution is 7.99. The van der Waals surface area contributed by atoms with Gasteiger partial charge in [0.2, 0.25) is 0 Å². The molecule has 1 aromatic heterocycles. The van der Waals surface area contributed by atoms with Crippen LogP contribution >= 0.6 is 11.8 Å². The van der Waals surface area contributed by atoms with Crippen LogP contribution in [-0.2, 0) is 0 Å². The van der Waals surface area contributed by atoms with Gasteiger partial charge in [0.05, 0.1) is 5.25 Å². The zero-order valence-electron chi connectivity index (χ0n) is 8.25. The molecule has 0 aliphatic carbocycles. The Morgan fingerprint density at radius 3 is 2.77 bits per heavy atom. The van der Waals surface area contributed by atoms with Crippen molar-refractivity contribution in [2.24, 2.45) is 5.73 Å². The Bertz CT molecular complexity index is 247. The number of hydrogen-bond donors (Lipinski definition) is 1. The minimum Gasteiger partial charge on any atom is -0.465 e. The number of hydrogen-bond acceptors (Lipinski definition) is 3. The van der Waals surface area contributed by atoms with Gasteiger partial charge in [0.15, 0.2) is 0 Å². The summed E-state index contributed by atoms with van der Waals surface area (Å²) in [6.45, 7) is 4.78. The van der Waals surface area contributed by atoms with E-state index in [1.807, 2.05) is 30.8 Å². The summed E-state index contributed by atoms with van der Waals surface area (Å²) in [7, 11) is 0. The number of rotatable bonds is 5. The molecule has 0 radical (unpaired) electrons. The standard InChI is InChI=1S/C10H17NOS/c1-3-6-13-10(7-11)9-5-4-8(2)12-9/h4-5,10H,3,6-7,11H2,1-2H3. The predicted molar refractivity (Wildman–Crippen MR) is 58.0 cm³/mol. The molecule has 2 nitrogen and oxygen atoms in total. The summed E-state index contributed by atoms with van der Waals surface area (Å²) in [6.07, 6.45) is 1.18. The van der Waals surface area contributed by atoms with E-state index in [-0.39, 0.29) is 0 Å². The predicted octanol–water partition coefficient (Wildman–Crippen LogP) is 2.73. The molecule has 13 heavy (non-hydrogen) atoms. The Kier molecular flexibility index (Phi) is 4.39. The average Bonchev–Trinajstić information content (AvgIpc) is 2.54. The zero-order valence-corrected chi connectivity index (χ0v) is 9.06. The topological polar surface area (TPSA) is 39.2 Å². The van der Waals surface area contributed by atoms with Crippen LogP contribution in [0.25, 0.3) is 0 Å². The number of nitrogens with two attached hydrogens (primary N) is 1. The molecule has 1 atom stereocenters. The van der Waals surface area contributed by atoms with Crippen molar-refractivity contribution in [2.45, 2.75) is 25.5 Å². The molecule has 0 bridgehead atoms. The second kappa shape index (κ2) is 5.35. The summed E-state index contributed by atoms with van der Waals surface area (Å²) >= 11 is 1.87. The molecule has 3 heteroatoms. The maximum Gasteiger partial charge on any atom is 0.118 e. The summed E-state index contributed by atoms with van der Waals surface area (Å²) in [6, 6.07) is 4.01. The Labute approximate surface area is 83.9 Å². The normalized spacial score (nSPS) is 13.2. The highest BCUT2D eigenvalue weighted by atomic mass is 32.2. The molecule has 1 unspecified atom stereocenters. The van der Waals surface area contributed by atoms with Gasteiger partial charge in [-0.15, -0.1) is 11.8 Å². The number of thioether (sulfide) groups is 1. The highest BCUT2D eigenvalue weighted by Gasteiger charge is 2.12. The van der Waals surface area contributed by atoms with Gasteiger partial charge in [0.25, 0.3) is 0 Å². The van der Waals surface area contributed by atoms with Crippen LogP contribution in [0.3, 0.4) is 0 Å². The van der Waals surface area contributed by atoms with Gasteiger partial charge >= 0.3 is 0 Å². The van der Waals surface area contributed by atoms with Gasteiger partial charge in [-0.25, -0.2) is 0 Å². The van der Waals surface area contributed by atoms with Crippen LogP contribution in [-0.4, -0.2) is 12.3 Å². The molecule has 0 fully saturated rings. The van der Waals surface area contributed by atoms with Crippen LogP contribution in [0.1, 0.15) is 30.1 Å². The molecular weight excluding hydrogens is 182 g/mol. The van der Waals surface area contributed by atoms with E-state index < -0.39 is 0 Å². The van der Waals surface area contributed by atoms with Gasteiger partial charge in [-0.1, -0.05) is 6.92 Å². The van der Waals surface area contributed by atoms with Crippen LogP contribution in [0.15, 0.2) is 16.5 Å². The molecule has 0 saturated heterocycles. The zero-order chi connectivity index (χ0) is 9.68. The van der Waals surface area contributed by atoms with Crippen molar-refractivity contribution >= 4 is 11.8 Å². The molecule has 74 valence electrons. The maximum atomic E-state index is 5.67. The van der Waals surface area contributed by atoms with Crippen LogP contribution in [0.4, 0.5) is 0 Å². The van der Waals surface area contributed by atoms with Crippen LogP contribution in [0.2, 0.25) is 0 Å². The van der Waals surface area contributed by atoms with Crippen molar-refractivity contribution in [1.29, 1.82) is 0 Å². The number of aryl methyl sites for hydroxylation is 1. The van der Waals surface area contributed by atoms with Crippen molar-refractivity contribution in [1.82, 2.24) is 0 Å². The van der Waals surface area contributed by atoms with Crippen molar-refractivity contribution in [2.75, 3.05) is 12.3 Å². The highest BCUT2D eigenvalue weighted by Crippen LogP contribution is 2.29. The lowest BCUT2D eigenvalue weighted by Crippen LogP contribution is -2.09. The van der Waals surface area contributed by atoms with Crippen molar-refractivity contribution < 1.29 is 4.42 Å². The molecule has 0 aliphatic heterocycles. The van der Waals surface area contributed by atoms with Gasteiger partial charge in [-0.2, -0.15) is 0 Å². The van der Waals surface area contributed by atoms with Crippen LogP contribution < -0.4 is 5.73 Å². The molecule has 0 amide bonds. The van der Waals surface area contributed by atoms with Crippen LogP contribution in [0.5, 0.6) is 0 Å². The third-order valence-corrected chi connectivity index (χ3v) is 3.29. The first-order valence-corrected chi connectivity index (χ1v) is 5.70. The van der Waals surface area contributed by atoms with Gasteiger partial charge in [-0.05, 0) is 31.2 Å². The third kappa shape index (κ3) is 3.08. The lowest BCUT2D eigenvalue weighted by Gasteiger charge is -2.10.